The molecule has 1 aromatic carbocycles. The van der Waals surface area contributed by atoms with E-state index in [1.807, 2.05) is 13.0 Å². The lowest BCUT2D eigenvalue weighted by molar-refractivity contribution is -0.112. The fourth-order valence-electron chi connectivity index (χ4n) is 2.23. The summed E-state index contributed by atoms with van der Waals surface area (Å²) in [5.74, 6) is -0.878. The second kappa shape index (κ2) is 7.09. The van der Waals surface area contributed by atoms with Gasteiger partial charge in [0.25, 0.3) is 11.8 Å². The van der Waals surface area contributed by atoms with Crippen LogP contribution in [-0.4, -0.2) is 38.1 Å². The Labute approximate surface area is 129 Å². The molecule has 118 valence electrons. The maximum Gasteiger partial charge on any atom is 0.250 e. The van der Waals surface area contributed by atoms with E-state index >= 15 is 0 Å². The van der Waals surface area contributed by atoms with Crippen molar-refractivity contribution in [3.8, 4) is 0 Å². The van der Waals surface area contributed by atoms with Crippen molar-refractivity contribution in [2.24, 2.45) is 5.73 Å². The lowest BCUT2D eigenvalue weighted by atomic mass is 10.1. The molecular formula is C16H21N3O3. The van der Waals surface area contributed by atoms with Crippen molar-refractivity contribution in [3.63, 3.8) is 0 Å². The van der Waals surface area contributed by atoms with Gasteiger partial charge in [-0.3, -0.25) is 9.59 Å². The number of nitrogens with zero attached hydrogens (tertiary/aromatic N) is 1. The third kappa shape index (κ3) is 3.65. The van der Waals surface area contributed by atoms with Gasteiger partial charge in [0.1, 0.15) is 0 Å². The fourth-order valence-corrected chi connectivity index (χ4v) is 2.23. The number of nitrogens with two attached hydrogens (primary N) is 1. The molecule has 1 saturated heterocycles. The molecular weight excluding hydrogens is 282 g/mol. The molecule has 0 saturated carbocycles. The van der Waals surface area contributed by atoms with E-state index in [0.717, 1.165) is 18.8 Å². The van der Waals surface area contributed by atoms with Gasteiger partial charge in [-0.05, 0) is 24.6 Å². The Hall–Kier alpha value is -2.34. The van der Waals surface area contributed by atoms with Crippen LogP contribution >= 0.6 is 0 Å². The number of ether oxygens (including phenoxy) is 1. The van der Waals surface area contributed by atoms with Crippen LogP contribution in [0.4, 0.5) is 11.4 Å². The van der Waals surface area contributed by atoms with Crippen LogP contribution in [-0.2, 0) is 9.53 Å². The summed E-state index contributed by atoms with van der Waals surface area (Å²) in [7, 11) is 0. The molecule has 1 fully saturated rings. The monoisotopic (exact) mass is 303 g/mol. The van der Waals surface area contributed by atoms with Gasteiger partial charge in [0.15, 0.2) is 0 Å². The van der Waals surface area contributed by atoms with Crippen LogP contribution in [0.2, 0.25) is 0 Å². The van der Waals surface area contributed by atoms with Gasteiger partial charge in [-0.25, -0.2) is 0 Å². The molecule has 1 heterocycles. The first kappa shape index (κ1) is 16.0. The number of benzene rings is 1. The number of morpholine rings is 1. The molecule has 0 atom stereocenters. The molecule has 2 amide bonds. The topological polar surface area (TPSA) is 84.7 Å². The van der Waals surface area contributed by atoms with Crippen LogP contribution in [0, 0.1) is 0 Å². The Balaban J connectivity index is 2.25. The van der Waals surface area contributed by atoms with Gasteiger partial charge in [0.2, 0.25) is 0 Å². The van der Waals surface area contributed by atoms with E-state index in [2.05, 4.69) is 16.8 Å². The van der Waals surface area contributed by atoms with Crippen molar-refractivity contribution in [1.29, 1.82) is 0 Å². The SMILES string of the molecule is C=C(CC)C(=O)Nc1ccc(N2CCOCC2)cc1C(N)=O. The van der Waals surface area contributed by atoms with Crippen molar-refractivity contribution in [3.05, 3.63) is 35.9 Å². The smallest absolute Gasteiger partial charge is 0.250 e. The Bertz CT molecular complexity index is 592. The Morgan fingerprint density at radius 1 is 1.36 bits per heavy atom. The zero-order chi connectivity index (χ0) is 16.1. The lowest BCUT2D eigenvalue weighted by Gasteiger charge is -2.29. The Morgan fingerprint density at radius 3 is 2.64 bits per heavy atom. The highest BCUT2D eigenvalue weighted by atomic mass is 16.5. The predicted octanol–water partition coefficient (Wildman–Crippen LogP) is 1.53. The summed E-state index contributed by atoms with van der Waals surface area (Å²) < 4.78 is 5.31. The molecule has 6 heteroatoms. The molecule has 0 aliphatic carbocycles. The van der Waals surface area contributed by atoms with Crippen molar-refractivity contribution in [1.82, 2.24) is 0 Å². The largest absolute Gasteiger partial charge is 0.378 e. The second-order valence-corrected chi connectivity index (χ2v) is 5.10. The number of primary amides is 1. The Kier molecular flexibility index (Phi) is 5.16. The van der Waals surface area contributed by atoms with Gasteiger partial charge in [0, 0.05) is 24.4 Å². The minimum absolute atomic E-state index is 0.293. The number of rotatable bonds is 5. The summed E-state index contributed by atoms with van der Waals surface area (Å²) >= 11 is 0. The Morgan fingerprint density at radius 2 is 2.05 bits per heavy atom. The molecule has 1 aliphatic rings. The first-order chi connectivity index (χ1) is 10.5. The van der Waals surface area contributed by atoms with Crippen molar-refractivity contribution in [2.75, 3.05) is 36.5 Å². The first-order valence-electron chi connectivity index (χ1n) is 7.28. The normalized spacial score (nSPS) is 14.5. The number of anilines is 2. The van der Waals surface area contributed by atoms with Crippen LogP contribution in [0.25, 0.3) is 0 Å². The van der Waals surface area contributed by atoms with Crippen LogP contribution in [0.1, 0.15) is 23.7 Å². The van der Waals surface area contributed by atoms with Crippen LogP contribution in [0.5, 0.6) is 0 Å². The zero-order valence-electron chi connectivity index (χ0n) is 12.7. The molecule has 1 aromatic rings. The van der Waals surface area contributed by atoms with Crippen molar-refractivity contribution in [2.45, 2.75) is 13.3 Å². The van der Waals surface area contributed by atoms with Gasteiger partial charge in [-0.2, -0.15) is 0 Å². The third-order valence-corrected chi connectivity index (χ3v) is 3.64. The van der Waals surface area contributed by atoms with Gasteiger partial charge in [-0.1, -0.05) is 13.5 Å². The molecule has 22 heavy (non-hydrogen) atoms. The summed E-state index contributed by atoms with van der Waals surface area (Å²) in [6.07, 6.45) is 0.545. The van der Waals surface area contributed by atoms with E-state index in [0.29, 0.717) is 36.5 Å². The maximum absolute atomic E-state index is 11.9. The number of amides is 2. The number of carbonyl (C=O) groups is 2. The van der Waals surface area contributed by atoms with E-state index in [-0.39, 0.29) is 5.91 Å². The quantitative estimate of drug-likeness (QED) is 0.808. The lowest BCUT2D eigenvalue weighted by Crippen LogP contribution is -2.36. The fraction of sp³-hybridized carbons (Fsp3) is 0.375. The summed E-state index contributed by atoms with van der Waals surface area (Å²) in [5.41, 5.74) is 7.49. The zero-order valence-corrected chi connectivity index (χ0v) is 12.7. The van der Waals surface area contributed by atoms with E-state index in [1.54, 1.807) is 12.1 Å². The number of hydrogen-bond acceptors (Lipinski definition) is 4. The maximum atomic E-state index is 11.9. The standard InChI is InChI=1S/C16H21N3O3/c1-3-11(2)16(21)18-14-5-4-12(10-13(14)15(17)20)19-6-8-22-9-7-19/h4-5,10H,2-3,6-9H2,1H3,(H2,17,20)(H,18,21). The van der Waals surface area contributed by atoms with E-state index in [4.69, 9.17) is 10.5 Å². The minimum Gasteiger partial charge on any atom is -0.378 e. The number of hydrogen-bond donors (Lipinski definition) is 2. The van der Waals surface area contributed by atoms with Crippen LogP contribution in [0.15, 0.2) is 30.4 Å². The highest BCUT2D eigenvalue weighted by Crippen LogP contribution is 2.24. The molecule has 0 aromatic heterocycles. The molecule has 6 nitrogen and oxygen atoms in total. The van der Waals surface area contributed by atoms with Crippen molar-refractivity contribution < 1.29 is 14.3 Å². The van der Waals surface area contributed by atoms with Crippen LogP contribution in [0.3, 0.4) is 0 Å². The second-order valence-electron chi connectivity index (χ2n) is 5.10. The van der Waals surface area contributed by atoms with Crippen LogP contribution < -0.4 is 16.0 Å². The summed E-state index contributed by atoms with van der Waals surface area (Å²) in [5, 5.41) is 2.69. The third-order valence-electron chi connectivity index (χ3n) is 3.64. The van der Waals surface area contributed by atoms with E-state index < -0.39 is 5.91 Å². The number of nitrogens with one attached hydrogen (secondary N) is 1. The molecule has 0 radical (unpaired) electrons. The summed E-state index contributed by atoms with van der Waals surface area (Å²) in [6.45, 7) is 8.36. The molecule has 0 bridgehead atoms. The van der Waals surface area contributed by atoms with Gasteiger partial charge < -0.3 is 20.7 Å². The van der Waals surface area contributed by atoms with E-state index in [9.17, 15) is 9.59 Å². The molecule has 0 unspecified atom stereocenters. The highest BCUT2D eigenvalue weighted by Gasteiger charge is 2.17. The summed E-state index contributed by atoms with van der Waals surface area (Å²) in [6, 6.07) is 5.27. The first-order valence-corrected chi connectivity index (χ1v) is 7.28. The average Bonchev–Trinajstić information content (AvgIpc) is 2.54. The average molecular weight is 303 g/mol. The summed E-state index contributed by atoms with van der Waals surface area (Å²) in [4.78, 5) is 25.7. The molecule has 1 aliphatic heterocycles. The van der Waals surface area contributed by atoms with Gasteiger partial charge in [0.05, 0.1) is 24.5 Å². The van der Waals surface area contributed by atoms with Crippen molar-refractivity contribution >= 4 is 23.2 Å². The van der Waals surface area contributed by atoms with Gasteiger partial charge >= 0.3 is 0 Å². The highest BCUT2D eigenvalue weighted by molar-refractivity contribution is 6.08. The number of carbonyl (C=O) groups excluding carboxylic acids is 2. The van der Waals surface area contributed by atoms with Gasteiger partial charge in [-0.15, -0.1) is 0 Å². The minimum atomic E-state index is -0.576. The molecule has 3 N–H and O–H groups in total. The molecule has 0 spiro atoms. The van der Waals surface area contributed by atoms with E-state index in [1.165, 1.54) is 0 Å². The predicted molar refractivity (Wildman–Crippen MR) is 86.1 cm³/mol. The molecule has 2 rings (SSSR count).